The Hall–Kier alpha value is -2.94. The van der Waals surface area contributed by atoms with E-state index in [-0.39, 0.29) is 12.0 Å². The summed E-state index contributed by atoms with van der Waals surface area (Å²) in [6.07, 6.45) is 1.35. The van der Waals surface area contributed by atoms with Gasteiger partial charge in [0.1, 0.15) is 5.82 Å². The summed E-state index contributed by atoms with van der Waals surface area (Å²) in [6, 6.07) is 7.32. The smallest absolute Gasteiger partial charge is 0.356 e. The van der Waals surface area contributed by atoms with Crippen molar-refractivity contribution in [1.29, 1.82) is 0 Å². The maximum atomic E-state index is 13.7. The fourth-order valence-corrected chi connectivity index (χ4v) is 3.53. The van der Waals surface area contributed by atoms with Crippen molar-refractivity contribution >= 4 is 21.8 Å². The first kappa shape index (κ1) is 15.9. The van der Waals surface area contributed by atoms with Crippen LogP contribution in [-0.2, 0) is 21.2 Å². The number of nitrogens with one attached hydrogen (secondary N) is 1. The third kappa shape index (κ3) is 2.69. The van der Waals surface area contributed by atoms with Crippen LogP contribution in [0.5, 0.6) is 0 Å². The number of aliphatic hydroxyl groups is 1. The highest BCUT2D eigenvalue weighted by molar-refractivity contribution is 7.89. The Morgan fingerprint density at radius 3 is 2.67 bits per heavy atom. The lowest BCUT2D eigenvalue weighted by Crippen LogP contribution is -2.33. The molecule has 3 rings (SSSR count). The van der Waals surface area contributed by atoms with Crippen LogP contribution in [0.1, 0.15) is 16.7 Å². The molecule has 1 aromatic heterocycles. The Morgan fingerprint density at radius 1 is 1.29 bits per heavy atom. The molecule has 0 unspecified atom stereocenters. The molecule has 2 aromatic rings. The van der Waals surface area contributed by atoms with E-state index in [4.69, 9.17) is 5.11 Å². The van der Waals surface area contributed by atoms with Gasteiger partial charge < -0.3 is 10.2 Å². The van der Waals surface area contributed by atoms with E-state index >= 15 is 0 Å². The number of carboxylic acid groups (broad SMARTS) is 1. The second kappa shape index (κ2) is 5.60. The lowest BCUT2D eigenvalue weighted by Gasteiger charge is -2.19. The third-order valence-corrected chi connectivity index (χ3v) is 4.76. The summed E-state index contributed by atoms with van der Waals surface area (Å²) in [6.45, 7) is 0. The molecule has 7 nitrogen and oxygen atoms in total. The van der Waals surface area contributed by atoms with Gasteiger partial charge in [-0.2, -0.15) is 8.42 Å². The highest BCUT2D eigenvalue weighted by Crippen LogP contribution is 2.29. The average Bonchev–Trinajstić information content (AvgIpc) is 2.53. The first-order chi connectivity index (χ1) is 11.3. The largest absolute Gasteiger partial charge is 0.505 e. The van der Waals surface area contributed by atoms with Crippen molar-refractivity contribution in [3.05, 3.63) is 64.7 Å². The molecule has 0 bridgehead atoms. The fourth-order valence-electron chi connectivity index (χ4n) is 2.35. The number of hydrogen-bond acceptors (Lipinski definition) is 5. The Balaban J connectivity index is 2.11. The van der Waals surface area contributed by atoms with Crippen LogP contribution in [0.3, 0.4) is 0 Å². The topological polar surface area (TPSA) is 117 Å². The van der Waals surface area contributed by atoms with Gasteiger partial charge in [-0.1, -0.05) is 18.2 Å². The van der Waals surface area contributed by atoms with Crippen LogP contribution < -0.4 is 4.72 Å². The average molecular weight is 350 g/mol. The second-order valence-electron chi connectivity index (χ2n) is 5.10. The number of carboxylic acids is 1. The molecular weight excluding hydrogens is 339 g/mol. The van der Waals surface area contributed by atoms with Crippen molar-refractivity contribution < 1.29 is 27.8 Å². The number of benzene rings is 1. The van der Waals surface area contributed by atoms with Gasteiger partial charge in [0.25, 0.3) is 10.0 Å². The lowest BCUT2D eigenvalue weighted by atomic mass is 10.0. The molecule has 2 heterocycles. The van der Waals surface area contributed by atoms with Gasteiger partial charge in [-0.05, 0) is 23.3 Å². The van der Waals surface area contributed by atoms with Crippen LogP contribution in [-0.4, -0.2) is 29.6 Å². The molecule has 3 N–H and O–H groups in total. The SMILES string of the molecule is O=C(O)C1=C(O)c2cc(Cc3ccccc3F)cnc2S(=O)(=O)N1. The number of aliphatic carboxylic acids is 1. The summed E-state index contributed by atoms with van der Waals surface area (Å²) in [7, 11) is -4.20. The number of rotatable bonds is 3. The van der Waals surface area contributed by atoms with Gasteiger partial charge in [-0.25, -0.2) is 14.2 Å². The minimum absolute atomic E-state index is 0.107. The predicted octanol–water partition coefficient (Wildman–Crippen LogP) is 1.41. The Labute approximate surface area is 136 Å². The van der Waals surface area contributed by atoms with Gasteiger partial charge in [0.05, 0.1) is 5.56 Å². The number of pyridine rings is 1. The van der Waals surface area contributed by atoms with Gasteiger partial charge in [-0.15, -0.1) is 0 Å². The van der Waals surface area contributed by atoms with E-state index in [1.54, 1.807) is 16.9 Å². The van der Waals surface area contributed by atoms with Crippen molar-refractivity contribution in [3.63, 3.8) is 0 Å². The Bertz CT molecular complexity index is 985. The van der Waals surface area contributed by atoms with Crippen molar-refractivity contribution in [2.24, 2.45) is 0 Å². The number of nitrogens with zero attached hydrogens (tertiary/aromatic N) is 1. The summed E-state index contributed by atoms with van der Waals surface area (Å²) in [4.78, 5) is 14.9. The molecule has 0 aliphatic carbocycles. The first-order valence-corrected chi connectivity index (χ1v) is 8.20. The summed E-state index contributed by atoms with van der Waals surface area (Å²) in [5, 5.41) is 18.5. The van der Waals surface area contributed by atoms with E-state index in [0.29, 0.717) is 11.1 Å². The van der Waals surface area contributed by atoms with Gasteiger partial charge in [-0.3, -0.25) is 4.72 Å². The highest BCUT2D eigenvalue weighted by Gasteiger charge is 2.34. The van der Waals surface area contributed by atoms with Gasteiger partial charge >= 0.3 is 5.97 Å². The number of sulfonamides is 1. The normalized spacial score (nSPS) is 15.5. The Morgan fingerprint density at radius 2 is 2.00 bits per heavy atom. The van der Waals surface area contributed by atoms with Crippen LogP contribution in [0.2, 0.25) is 0 Å². The monoisotopic (exact) mass is 350 g/mol. The Kier molecular flexibility index (Phi) is 3.72. The number of halogens is 1. The zero-order chi connectivity index (χ0) is 17.5. The standard InChI is InChI=1S/C15H11FN2O5S/c16-11-4-2-1-3-9(11)5-8-6-10-13(19)12(15(20)21)18-24(22,23)14(10)17-7-8/h1-4,6-7,18-19H,5H2,(H,20,21). The van der Waals surface area contributed by atoms with Crippen LogP contribution in [0.4, 0.5) is 4.39 Å². The molecule has 1 aliphatic rings. The molecule has 0 fully saturated rings. The minimum atomic E-state index is -4.20. The van der Waals surface area contributed by atoms with Crippen LogP contribution in [0, 0.1) is 5.82 Å². The maximum Gasteiger partial charge on any atom is 0.356 e. The number of hydrogen-bond donors (Lipinski definition) is 3. The second-order valence-corrected chi connectivity index (χ2v) is 6.70. The van der Waals surface area contributed by atoms with Gasteiger partial charge in [0, 0.05) is 12.6 Å². The molecule has 9 heteroatoms. The summed E-state index contributed by atoms with van der Waals surface area (Å²) >= 11 is 0. The van der Waals surface area contributed by atoms with E-state index in [9.17, 15) is 22.7 Å². The number of aromatic nitrogens is 1. The van der Waals surface area contributed by atoms with Crippen molar-refractivity contribution in [3.8, 4) is 0 Å². The molecule has 1 aliphatic heterocycles. The van der Waals surface area contributed by atoms with Crippen molar-refractivity contribution in [2.45, 2.75) is 11.4 Å². The molecule has 0 atom stereocenters. The molecule has 0 saturated heterocycles. The van der Waals surface area contributed by atoms with E-state index < -0.39 is 38.3 Å². The number of aliphatic hydroxyl groups excluding tert-OH is 1. The predicted molar refractivity (Wildman–Crippen MR) is 80.9 cm³/mol. The molecule has 24 heavy (non-hydrogen) atoms. The van der Waals surface area contributed by atoms with Crippen LogP contribution in [0.15, 0.2) is 47.3 Å². The first-order valence-electron chi connectivity index (χ1n) is 6.71. The van der Waals surface area contributed by atoms with E-state index in [0.717, 1.165) is 0 Å². The molecule has 0 amide bonds. The number of fused-ring (bicyclic) bond motifs is 1. The van der Waals surface area contributed by atoms with Crippen LogP contribution >= 0.6 is 0 Å². The zero-order valence-corrected chi connectivity index (χ0v) is 12.8. The van der Waals surface area contributed by atoms with Crippen LogP contribution in [0.25, 0.3) is 5.76 Å². The molecule has 0 radical (unpaired) electrons. The molecule has 124 valence electrons. The van der Waals surface area contributed by atoms with Crippen molar-refractivity contribution in [1.82, 2.24) is 9.71 Å². The van der Waals surface area contributed by atoms with Gasteiger partial charge in [0.15, 0.2) is 16.5 Å². The summed E-state index contributed by atoms with van der Waals surface area (Å²) < 4.78 is 39.5. The minimum Gasteiger partial charge on any atom is -0.505 e. The number of carbonyl (C=O) groups is 1. The third-order valence-electron chi connectivity index (χ3n) is 3.46. The molecule has 1 aromatic carbocycles. The molecule has 0 saturated carbocycles. The quantitative estimate of drug-likeness (QED) is 0.771. The highest BCUT2D eigenvalue weighted by atomic mass is 32.2. The molecular formula is C15H11FN2O5S. The summed E-state index contributed by atoms with van der Waals surface area (Å²) in [5.41, 5.74) is -0.308. The van der Waals surface area contributed by atoms with E-state index in [1.807, 2.05) is 0 Å². The van der Waals surface area contributed by atoms with Gasteiger partial charge in [0.2, 0.25) is 0 Å². The maximum absolute atomic E-state index is 13.7. The molecule has 0 spiro atoms. The lowest BCUT2D eigenvalue weighted by molar-refractivity contribution is -0.132. The van der Waals surface area contributed by atoms with E-state index in [2.05, 4.69) is 4.98 Å². The fraction of sp³-hybridized carbons (Fsp3) is 0.0667. The van der Waals surface area contributed by atoms with E-state index in [1.165, 1.54) is 24.4 Å². The zero-order valence-electron chi connectivity index (χ0n) is 12.0. The van der Waals surface area contributed by atoms with Crippen molar-refractivity contribution in [2.75, 3.05) is 0 Å². The summed E-state index contributed by atoms with van der Waals surface area (Å²) in [5.74, 6) is -2.80.